The third-order valence-electron chi connectivity index (χ3n) is 3.68. The van der Waals surface area contributed by atoms with Gasteiger partial charge in [0.25, 0.3) is 5.91 Å². The molecule has 128 valence electrons. The number of nitrogens with one attached hydrogen (secondary N) is 1. The SMILES string of the molecule is O=C(NCc1nc(-c2ccccc2)no1)c1ccnc(-n2ccnc2)c1. The van der Waals surface area contributed by atoms with Crippen molar-refractivity contribution >= 4 is 5.91 Å². The molecule has 0 saturated heterocycles. The topological polar surface area (TPSA) is 98.7 Å². The second kappa shape index (κ2) is 6.98. The first-order valence-corrected chi connectivity index (χ1v) is 7.90. The maximum absolute atomic E-state index is 12.4. The average Bonchev–Trinajstić information content (AvgIpc) is 3.39. The molecule has 26 heavy (non-hydrogen) atoms. The van der Waals surface area contributed by atoms with Gasteiger partial charge in [-0.3, -0.25) is 9.36 Å². The fourth-order valence-electron chi connectivity index (χ4n) is 2.38. The minimum absolute atomic E-state index is 0.140. The average molecular weight is 346 g/mol. The van der Waals surface area contributed by atoms with Gasteiger partial charge in [0.15, 0.2) is 0 Å². The van der Waals surface area contributed by atoms with Crippen molar-refractivity contribution in [3.63, 3.8) is 0 Å². The number of imidazole rings is 1. The van der Waals surface area contributed by atoms with E-state index in [1.54, 1.807) is 41.6 Å². The molecule has 0 radical (unpaired) electrons. The van der Waals surface area contributed by atoms with Crippen LogP contribution in [-0.4, -0.2) is 30.6 Å². The first-order chi connectivity index (χ1) is 12.8. The molecule has 0 aliphatic heterocycles. The van der Waals surface area contributed by atoms with Crippen molar-refractivity contribution in [3.05, 3.63) is 78.8 Å². The monoisotopic (exact) mass is 346 g/mol. The summed E-state index contributed by atoms with van der Waals surface area (Å²) in [4.78, 5) is 24.8. The van der Waals surface area contributed by atoms with E-state index in [4.69, 9.17) is 4.52 Å². The normalized spacial score (nSPS) is 10.6. The molecule has 0 atom stereocenters. The Balaban J connectivity index is 1.43. The van der Waals surface area contributed by atoms with E-state index in [-0.39, 0.29) is 12.5 Å². The molecule has 8 nitrogen and oxygen atoms in total. The predicted molar refractivity (Wildman–Crippen MR) is 92.3 cm³/mol. The minimum atomic E-state index is -0.256. The molecule has 1 amide bonds. The van der Waals surface area contributed by atoms with Crippen molar-refractivity contribution in [2.45, 2.75) is 6.54 Å². The first kappa shape index (κ1) is 15.7. The Hall–Kier alpha value is -3.81. The number of carbonyl (C=O) groups is 1. The van der Waals surface area contributed by atoms with Crippen LogP contribution in [-0.2, 0) is 6.54 Å². The van der Waals surface area contributed by atoms with E-state index >= 15 is 0 Å². The number of amides is 1. The maximum atomic E-state index is 12.4. The van der Waals surface area contributed by atoms with Crippen LogP contribution < -0.4 is 5.32 Å². The molecule has 8 heteroatoms. The summed E-state index contributed by atoms with van der Waals surface area (Å²) >= 11 is 0. The molecular weight excluding hydrogens is 332 g/mol. The highest BCUT2D eigenvalue weighted by molar-refractivity contribution is 5.94. The Labute approximate surface area is 148 Å². The number of benzene rings is 1. The lowest BCUT2D eigenvalue weighted by molar-refractivity contribution is 0.0946. The van der Waals surface area contributed by atoms with Crippen molar-refractivity contribution in [1.29, 1.82) is 0 Å². The van der Waals surface area contributed by atoms with Gasteiger partial charge in [0.2, 0.25) is 11.7 Å². The second-order valence-electron chi connectivity index (χ2n) is 5.43. The zero-order valence-corrected chi connectivity index (χ0v) is 13.6. The maximum Gasteiger partial charge on any atom is 0.251 e. The highest BCUT2D eigenvalue weighted by Crippen LogP contribution is 2.14. The molecule has 3 aromatic heterocycles. The Morgan fingerprint density at radius 3 is 2.85 bits per heavy atom. The Kier molecular flexibility index (Phi) is 4.21. The molecule has 0 aliphatic rings. The Morgan fingerprint density at radius 2 is 2.04 bits per heavy atom. The summed E-state index contributed by atoms with van der Waals surface area (Å²) in [7, 11) is 0. The van der Waals surface area contributed by atoms with Gasteiger partial charge in [0.05, 0.1) is 6.54 Å². The van der Waals surface area contributed by atoms with Crippen molar-refractivity contribution in [2.24, 2.45) is 0 Å². The molecule has 3 heterocycles. The van der Waals surface area contributed by atoms with Gasteiger partial charge < -0.3 is 9.84 Å². The molecule has 1 aromatic carbocycles. The smallest absolute Gasteiger partial charge is 0.251 e. The summed E-state index contributed by atoms with van der Waals surface area (Å²) in [6.07, 6.45) is 6.60. The molecule has 0 spiro atoms. The van der Waals surface area contributed by atoms with Gasteiger partial charge in [-0.05, 0) is 12.1 Å². The van der Waals surface area contributed by atoms with Gasteiger partial charge in [0, 0.05) is 29.7 Å². The van der Waals surface area contributed by atoms with Crippen LogP contribution in [0.2, 0.25) is 0 Å². The van der Waals surface area contributed by atoms with Crippen LogP contribution in [0, 0.1) is 0 Å². The van der Waals surface area contributed by atoms with Gasteiger partial charge in [0.1, 0.15) is 12.1 Å². The summed E-state index contributed by atoms with van der Waals surface area (Å²) in [6, 6.07) is 12.8. The van der Waals surface area contributed by atoms with Gasteiger partial charge >= 0.3 is 0 Å². The summed E-state index contributed by atoms with van der Waals surface area (Å²) in [5.41, 5.74) is 1.33. The fourth-order valence-corrected chi connectivity index (χ4v) is 2.38. The van der Waals surface area contributed by atoms with Crippen LogP contribution in [0.15, 0.2) is 71.9 Å². The van der Waals surface area contributed by atoms with E-state index in [1.807, 2.05) is 30.3 Å². The van der Waals surface area contributed by atoms with Crippen molar-refractivity contribution in [3.8, 4) is 17.2 Å². The molecule has 4 aromatic rings. The summed E-state index contributed by atoms with van der Waals surface area (Å²) < 4.78 is 6.91. The molecule has 0 saturated carbocycles. The number of rotatable bonds is 5. The van der Waals surface area contributed by atoms with Crippen molar-refractivity contribution < 1.29 is 9.32 Å². The van der Waals surface area contributed by atoms with Crippen LogP contribution >= 0.6 is 0 Å². The zero-order chi connectivity index (χ0) is 17.8. The third kappa shape index (κ3) is 3.34. The predicted octanol–water partition coefficient (Wildman–Crippen LogP) is 2.25. The Morgan fingerprint density at radius 1 is 1.15 bits per heavy atom. The van der Waals surface area contributed by atoms with Crippen LogP contribution in [0.1, 0.15) is 16.2 Å². The van der Waals surface area contributed by atoms with Crippen molar-refractivity contribution in [1.82, 2.24) is 30.0 Å². The summed E-state index contributed by atoms with van der Waals surface area (Å²) in [5, 5.41) is 6.69. The van der Waals surface area contributed by atoms with Crippen LogP contribution in [0.25, 0.3) is 17.2 Å². The largest absolute Gasteiger partial charge is 0.343 e. The second-order valence-corrected chi connectivity index (χ2v) is 5.43. The van der Waals surface area contributed by atoms with Crippen LogP contribution in [0.3, 0.4) is 0 Å². The van der Waals surface area contributed by atoms with E-state index in [9.17, 15) is 4.79 Å². The zero-order valence-electron chi connectivity index (χ0n) is 13.6. The van der Waals surface area contributed by atoms with Gasteiger partial charge in [-0.1, -0.05) is 35.5 Å². The lowest BCUT2D eigenvalue weighted by Crippen LogP contribution is -2.23. The number of hydrogen-bond donors (Lipinski definition) is 1. The number of pyridine rings is 1. The quantitative estimate of drug-likeness (QED) is 0.595. The minimum Gasteiger partial charge on any atom is -0.343 e. The lowest BCUT2D eigenvalue weighted by atomic mass is 10.2. The number of aromatic nitrogens is 5. The molecule has 4 rings (SSSR count). The molecule has 1 N–H and O–H groups in total. The first-order valence-electron chi connectivity index (χ1n) is 7.90. The van der Waals surface area contributed by atoms with Crippen LogP contribution in [0.5, 0.6) is 0 Å². The third-order valence-corrected chi connectivity index (χ3v) is 3.68. The standard InChI is InChI=1S/C18H14N6O2/c25-18(14-6-7-20-15(10-14)24-9-8-19-12-24)21-11-16-22-17(23-26-16)13-4-2-1-3-5-13/h1-10,12H,11H2,(H,21,25). The van der Waals surface area contributed by atoms with E-state index in [0.29, 0.717) is 23.1 Å². The summed E-state index contributed by atoms with van der Waals surface area (Å²) in [6.45, 7) is 0.140. The van der Waals surface area contributed by atoms with Crippen molar-refractivity contribution in [2.75, 3.05) is 0 Å². The number of hydrogen-bond acceptors (Lipinski definition) is 6. The highest BCUT2D eigenvalue weighted by Gasteiger charge is 2.11. The lowest BCUT2D eigenvalue weighted by Gasteiger charge is -2.05. The highest BCUT2D eigenvalue weighted by atomic mass is 16.5. The van der Waals surface area contributed by atoms with E-state index < -0.39 is 0 Å². The van der Waals surface area contributed by atoms with E-state index in [0.717, 1.165) is 5.56 Å². The fraction of sp³-hybridized carbons (Fsp3) is 0.0556. The Bertz CT molecular complexity index is 1010. The number of carbonyl (C=O) groups excluding carboxylic acids is 1. The molecule has 0 bridgehead atoms. The summed E-state index contributed by atoms with van der Waals surface area (Å²) in [5.74, 6) is 1.18. The van der Waals surface area contributed by atoms with E-state index in [2.05, 4.69) is 25.4 Å². The van der Waals surface area contributed by atoms with Gasteiger partial charge in [-0.2, -0.15) is 4.98 Å². The molecule has 0 fully saturated rings. The number of nitrogens with zero attached hydrogens (tertiary/aromatic N) is 5. The van der Waals surface area contributed by atoms with Gasteiger partial charge in [-0.15, -0.1) is 0 Å². The van der Waals surface area contributed by atoms with Gasteiger partial charge in [-0.25, -0.2) is 9.97 Å². The molecule has 0 aliphatic carbocycles. The van der Waals surface area contributed by atoms with E-state index in [1.165, 1.54) is 0 Å². The molecular formula is C18H14N6O2. The van der Waals surface area contributed by atoms with Crippen LogP contribution in [0.4, 0.5) is 0 Å². The molecule has 0 unspecified atom stereocenters.